The van der Waals surface area contributed by atoms with E-state index < -0.39 is 18.4 Å². The van der Waals surface area contributed by atoms with Crippen molar-refractivity contribution in [1.82, 2.24) is 9.97 Å². The van der Waals surface area contributed by atoms with E-state index in [0.29, 0.717) is 18.1 Å². The minimum atomic E-state index is -4.30. The molecule has 106 valence electrons. The molecule has 1 aromatic heterocycles. The summed E-state index contributed by atoms with van der Waals surface area (Å²) >= 11 is 0. The van der Waals surface area contributed by atoms with Crippen molar-refractivity contribution in [3.8, 4) is 5.88 Å². The van der Waals surface area contributed by atoms with Crippen LogP contribution in [0.25, 0.3) is 0 Å². The zero-order chi connectivity index (χ0) is 14.0. The molecular weight excluding hydrogens is 261 g/mol. The Morgan fingerprint density at radius 2 is 2.00 bits per heavy atom. The Labute approximate surface area is 109 Å². The van der Waals surface area contributed by atoms with Crippen LogP contribution in [0.4, 0.5) is 13.2 Å². The lowest BCUT2D eigenvalue weighted by Gasteiger charge is -2.30. The van der Waals surface area contributed by atoms with Gasteiger partial charge in [-0.3, -0.25) is 0 Å². The number of ether oxygens (including phenoxy) is 2. The topological polar surface area (TPSA) is 44.2 Å². The van der Waals surface area contributed by atoms with Crippen molar-refractivity contribution >= 4 is 0 Å². The minimum Gasteiger partial charge on any atom is -0.472 e. The van der Waals surface area contributed by atoms with Gasteiger partial charge in [-0.15, -0.1) is 0 Å². The summed E-state index contributed by atoms with van der Waals surface area (Å²) in [4.78, 5) is 8.19. The molecule has 0 bridgehead atoms. The molecule has 1 aromatic rings. The maximum atomic E-state index is 12.4. The number of aromatic nitrogens is 2. The largest absolute Gasteiger partial charge is 0.472 e. The number of hydrogen-bond acceptors (Lipinski definition) is 4. The second-order valence-corrected chi connectivity index (χ2v) is 4.58. The minimum absolute atomic E-state index is 0.0771. The van der Waals surface area contributed by atoms with Gasteiger partial charge in [-0.2, -0.15) is 18.2 Å². The Morgan fingerprint density at radius 3 is 2.53 bits per heavy atom. The third kappa shape index (κ3) is 3.79. The molecule has 7 heteroatoms. The van der Waals surface area contributed by atoms with Gasteiger partial charge in [-0.25, -0.2) is 4.98 Å². The number of hydrogen-bond donors (Lipinski definition) is 0. The van der Waals surface area contributed by atoms with Crippen LogP contribution in [0.15, 0.2) is 6.07 Å². The Morgan fingerprint density at radius 1 is 1.26 bits per heavy atom. The van der Waals surface area contributed by atoms with E-state index in [0.717, 1.165) is 5.69 Å². The van der Waals surface area contributed by atoms with Crippen LogP contribution in [-0.4, -0.2) is 35.0 Å². The molecule has 0 aromatic carbocycles. The van der Waals surface area contributed by atoms with Gasteiger partial charge in [-0.1, -0.05) is 0 Å². The van der Waals surface area contributed by atoms with Crippen LogP contribution in [0.5, 0.6) is 5.88 Å². The first-order valence-electron chi connectivity index (χ1n) is 6.02. The van der Waals surface area contributed by atoms with Gasteiger partial charge in [0, 0.05) is 11.8 Å². The van der Waals surface area contributed by atoms with E-state index in [4.69, 9.17) is 9.47 Å². The predicted molar refractivity (Wildman–Crippen MR) is 61.0 cm³/mol. The Hall–Kier alpha value is -1.37. The summed E-state index contributed by atoms with van der Waals surface area (Å²) in [5, 5.41) is 0. The highest BCUT2D eigenvalue weighted by Crippen LogP contribution is 2.30. The molecule has 1 aliphatic rings. The first-order chi connectivity index (χ1) is 8.84. The van der Waals surface area contributed by atoms with Gasteiger partial charge in [0.05, 0.1) is 6.61 Å². The third-order valence-electron chi connectivity index (χ3n) is 2.83. The first-order valence-corrected chi connectivity index (χ1v) is 6.02. The van der Waals surface area contributed by atoms with E-state index in [-0.39, 0.29) is 13.0 Å². The van der Waals surface area contributed by atoms with Crippen molar-refractivity contribution in [2.75, 3.05) is 6.61 Å². The molecule has 4 nitrogen and oxygen atoms in total. The normalized spacial score (nSPS) is 24.3. The zero-order valence-corrected chi connectivity index (χ0v) is 10.7. The lowest BCUT2D eigenvalue weighted by atomic mass is 10.1. The summed E-state index contributed by atoms with van der Waals surface area (Å²) in [6.45, 7) is 3.46. The zero-order valence-electron chi connectivity index (χ0n) is 10.7. The molecular formula is C12H15F3N2O2. The lowest BCUT2D eigenvalue weighted by Crippen LogP contribution is -2.41. The molecule has 0 N–H and O–H groups in total. The number of nitrogens with zero attached hydrogens (tertiary/aromatic N) is 2. The van der Waals surface area contributed by atoms with Crippen molar-refractivity contribution < 1.29 is 22.6 Å². The van der Waals surface area contributed by atoms with Crippen LogP contribution in [0.3, 0.4) is 0 Å². The van der Waals surface area contributed by atoms with E-state index in [1.54, 1.807) is 19.9 Å². The van der Waals surface area contributed by atoms with Gasteiger partial charge in [0.15, 0.2) is 6.10 Å². The highest BCUT2D eigenvalue weighted by molar-refractivity contribution is 5.15. The Balaban J connectivity index is 1.92. The average Bonchev–Trinajstić information content (AvgIpc) is 2.26. The monoisotopic (exact) mass is 276 g/mol. The van der Waals surface area contributed by atoms with E-state index in [2.05, 4.69) is 9.97 Å². The summed E-state index contributed by atoms with van der Waals surface area (Å²) in [7, 11) is 0. The Bertz CT molecular complexity index is 423. The fraction of sp³-hybridized carbons (Fsp3) is 0.667. The molecule has 1 aliphatic heterocycles. The van der Waals surface area contributed by atoms with Crippen LogP contribution >= 0.6 is 0 Å². The highest BCUT2D eigenvalue weighted by atomic mass is 19.4. The van der Waals surface area contributed by atoms with Gasteiger partial charge < -0.3 is 9.47 Å². The molecule has 0 saturated carbocycles. The summed E-state index contributed by atoms with van der Waals surface area (Å²) in [5.41, 5.74) is 0.757. The smallest absolute Gasteiger partial charge is 0.414 e. The summed E-state index contributed by atoms with van der Waals surface area (Å²) in [5.74, 6) is 0.948. The number of alkyl halides is 3. The van der Waals surface area contributed by atoms with Crippen LogP contribution in [0, 0.1) is 13.8 Å². The van der Waals surface area contributed by atoms with Gasteiger partial charge in [0.1, 0.15) is 11.9 Å². The van der Waals surface area contributed by atoms with Crippen molar-refractivity contribution in [2.24, 2.45) is 0 Å². The fourth-order valence-electron chi connectivity index (χ4n) is 1.99. The SMILES string of the molecule is Cc1cc(O[C@H]2CC[C@@H](C(F)(F)F)OC2)nc(C)n1. The molecule has 0 unspecified atom stereocenters. The molecule has 1 saturated heterocycles. The maximum absolute atomic E-state index is 12.4. The molecule has 0 amide bonds. The van der Waals surface area contributed by atoms with Gasteiger partial charge in [0.25, 0.3) is 0 Å². The maximum Gasteiger partial charge on any atom is 0.414 e. The van der Waals surface area contributed by atoms with E-state index >= 15 is 0 Å². The standard InChI is InChI=1S/C12H15F3N2O2/c1-7-5-11(17-8(2)16-7)19-9-3-4-10(18-6-9)12(13,14)15/h5,9-10H,3-4,6H2,1-2H3/t9-,10-/m0/s1. The second-order valence-electron chi connectivity index (χ2n) is 4.58. The number of halogens is 3. The lowest BCUT2D eigenvalue weighted by molar-refractivity contribution is -0.238. The average molecular weight is 276 g/mol. The van der Waals surface area contributed by atoms with Gasteiger partial charge in [0.2, 0.25) is 5.88 Å². The van der Waals surface area contributed by atoms with Crippen LogP contribution in [-0.2, 0) is 4.74 Å². The van der Waals surface area contributed by atoms with E-state index in [9.17, 15) is 13.2 Å². The van der Waals surface area contributed by atoms with Crippen molar-refractivity contribution in [3.05, 3.63) is 17.6 Å². The molecule has 19 heavy (non-hydrogen) atoms. The van der Waals surface area contributed by atoms with Crippen LogP contribution in [0.1, 0.15) is 24.4 Å². The van der Waals surface area contributed by atoms with E-state index in [1.165, 1.54) is 0 Å². The molecule has 2 rings (SSSR count). The van der Waals surface area contributed by atoms with Crippen molar-refractivity contribution in [1.29, 1.82) is 0 Å². The summed E-state index contributed by atoms with van der Waals surface area (Å²) in [6.07, 6.45) is -6.16. The first kappa shape index (κ1) is 14.0. The predicted octanol–water partition coefficient (Wildman–Crippen LogP) is 2.58. The molecule has 0 spiro atoms. The second kappa shape index (κ2) is 5.32. The summed E-state index contributed by atoms with van der Waals surface area (Å²) in [6, 6.07) is 1.66. The number of aryl methyl sites for hydroxylation is 2. The molecule has 0 radical (unpaired) electrons. The highest BCUT2D eigenvalue weighted by Gasteiger charge is 2.43. The molecule has 0 aliphatic carbocycles. The Kier molecular flexibility index (Phi) is 3.93. The van der Waals surface area contributed by atoms with Crippen LogP contribution < -0.4 is 4.74 Å². The quantitative estimate of drug-likeness (QED) is 0.832. The number of rotatable bonds is 2. The van der Waals surface area contributed by atoms with Crippen LogP contribution in [0.2, 0.25) is 0 Å². The molecule has 2 atom stereocenters. The van der Waals surface area contributed by atoms with Crippen molar-refractivity contribution in [3.63, 3.8) is 0 Å². The fourth-order valence-corrected chi connectivity index (χ4v) is 1.99. The van der Waals surface area contributed by atoms with Crippen molar-refractivity contribution in [2.45, 2.75) is 45.1 Å². The summed E-state index contributed by atoms with van der Waals surface area (Å²) < 4.78 is 47.6. The van der Waals surface area contributed by atoms with E-state index in [1.807, 2.05) is 0 Å². The molecule has 1 fully saturated rings. The third-order valence-corrected chi connectivity index (χ3v) is 2.83. The molecule has 2 heterocycles. The van der Waals surface area contributed by atoms with Gasteiger partial charge in [-0.05, 0) is 26.7 Å². The van der Waals surface area contributed by atoms with Gasteiger partial charge >= 0.3 is 6.18 Å².